The van der Waals surface area contributed by atoms with Gasteiger partial charge in [-0.3, -0.25) is 0 Å². The summed E-state index contributed by atoms with van der Waals surface area (Å²) in [6.45, 7) is 0. The van der Waals surface area contributed by atoms with Gasteiger partial charge in [0.25, 0.3) is 0 Å². The predicted octanol–water partition coefficient (Wildman–Crippen LogP) is 3.49. The van der Waals surface area contributed by atoms with E-state index in [9.17, 15) is 15.6 Å². The van der Waals surface area contributed by atoms with Gasteiger partial charge in [-0.25, -0.2) is 4.98 Å². The van der Waals surface area contributed by atoms with Gasteiger partial charge in [0.05, 0.1) is 11.6 Å². The second kappa shape index (κ2) is 7.85. The normalized spacial score (nSPS) is 25.1. The van der Waals surface area contributed by atoms with Crippen molar-refractivity contribution in [3.8, 4) is 17.9 Å². The minimum Gasteiger partial charge on any atom is -0.478 e. The number of benzene rings is 2. The van der Waals surface area contributed by atoms with Crippen molar-refractivity contribution in [1.82, 2.24) is 4.98 Å². The molecule has 5 rings (SSSR count). The zero-order valence-electron chi connectivity index (χ0n) is 17.0. The summed E-state index contributed by atoms with van der Waals surface area (Å²) in [5.41, 5.74) is 0.956. The second-order valence-electron chi connectivity index (χ2n) is 7.57. The monoisotopic (exact) mass is 411 g/mol. The number of rotatable bonds is 2. The molecule has 0 bridgehead atoms. The van der Waals surface area contributed by atoms with Crippen LogP contribution in [-0.4, -0.2) is 22.3 Å². The Balaban J connectivity index is 0.00000112. The number of aromatic nitrogens is 1. The average Bonchev–Trinajstić information content (AvgIpc) is 3.27. The Morgan fingerprint density at radius 2 is 1.74 bits per heavy atom. The van der Waals surface area contributed by atoms with Crippen LogP contribution in [-0.2, 0) is 11.2 Å². The second-order valence-corrected chi connectivity index (χ2v) is 7.57. The molecule has 0 saturated heterocycles. The summed E-state index contributed by atoms with van der Waals surface area (Å²) in [7, 11) is 1.00. The number of fused-ring (bicyclic) bond motifs is 3. The first-order chi connectivity index (χ1) is 15.1. The molecule has 1 fully saturated rings. The molecule has 31 heavy (non-hydrogen) atoms. The summed E-state index contributed by atoms with van der Waals surface area (Å²) in [5, 5.41) is 37.4. The SMILES string of the molecule is CO.N#Cc1ccc(C23Oc4cc(C#N)ncc4C2(O)CCC3c2ccccc2)cc1. The highest BCUT2D eigenvalue weighted by Crippen LogP contribution is 2.66. The van der Waals surface area contributed by atoms with Crippen LogP contribution in [0.2, 0.25) is 0 Å². The van der Waals surface area contributed by atoms with Crippen LogP contribution in [0.4, 0.5) is 0 Å². The molecule has 1 aliphatic carbocycles. The van der Waals surface area contributed by atoms with E-state index in [4.69, 9.17) is 9.84 Å². The van der Waals surface area contributed by atoms with Crippen LogP contribution in [0.3, 0.4) is 0 Å². The van der Waals surface area contributed by atoms with Crippen LogP contribution >= 0.6 is 0 Å². The van der Waals surface area contributed by atoms with Crippen LogP contribution in [0.15, 0.2) is 66.9 Å². The quantitative estimate of drug-likeness (QED) is 0.668. The molecule has 0 spiro atoms. The number of nitriles is 2. The summed E-state index contributed by atoms with van der Waals surface area (Å²) in [4.78, 5) is 4.18. The molecule has 3 aromatic rings. The third-order valence-corrected chi connectivity index (χ3v) is 6.24. The van der Waals surface area contributed by atoms with Gasteiger partial charge in [-0.15, -0.1) is 0 Å². The lowest BCUT2D eigenvalue weighted by Gasteiger charge is -2.40. The Morgan fingerprint density at radius 1 is 1.03 bits per heavy atom. The highest BCUT2D eigenvalue weighted by molar-refractivity contribution is 5.54. The highest BCUT2D eigenvalue weighted by Gasteiger charge is 2.68. The van der Waals surface area contributed by atoms with E-state index in [0.29, 0.717) is 23.3 Å². The molecule has 3 unspecified atom stereocenters. The maximum Gasteiger partial charge on any atom is 0.174 e. The van der Waals surface area contributed by atoms with Crippen LogP contribution in [0.5, 0.6) is 5.75 Å². The van der Waals surface area contributed by atoms with Gasteiger partial charge < -0.3 is 14.9 Å². The van der Waals surface area contributed by atoms with E-state index in [0.717, 1.165) is 24.7 Å². The molecule has 0 amide bonds. The number of aliphatic hydroxyl groups is 2. The van der Waals surface area contributed by atoms with E-state index in [2.05, 4.69) is 11.1 Å². The largest absolute Gasteiger partial charge is 0.478 e. The van der Waals surface area contributed by atoms with E-state index in [1.807, 2.05) is 48.5 Å². The summed E-state index contributed by atoms with van der Waals surface area (Å²) >= 11 is 0. The first-order valence-electron chi connectivity index (χ1n) is 9.95. The zero-order chi connectivity index (χ0) is 22.1. The van der Waals surface area contributed by atoms with Gasteiger partial charge in [0.15, 0.2) is 5.60 Å². The fraction of sp³-hybridized carbons (Fsp3) is 0.240. The number of ether oxygens (including phenoxy) is 1. The van der Waals surface area contributed by atoms with Crippen molar-refractivity contribution in [1.29, 1.82) is 10.5 Å². The van der Waals surface area contributed by atoms with E-state index in [-0.39, 0.29) is 11.6 Å². The van der Waals surface area contributed by atoms with Crippen LogP contribution < -0.4 is 4.74 Å². The fourth-order valence-electron chi connectivity index (χ4n) is 4.97. The first kappa shape index (κ1) is 20.6. The third kappa shape index (κ3) is 2.89. The summed E-state index contributed by atoms with van der Waals surface area (Å²) < 4.78 is 6.57. The van der Waals surface area contributed by atoms with E-state index < -0.39 is 11.2 Å². The fourth-order valence-corrected chi connectivity index (χ4v) is 4.97. The lowest BCUT2D eigenvalue weighted by Crippen LogP contribution is -2.48. The highest BCUT2D eigenvalue weighted by atomic mass is 16.5. The van der Waals surface area contributed by atoms with Crippen LogP contribution in [0, 0.1) is 22.7 Å². The minimum absolute atomic E-state index is 0.0976. The van der Waals surface area contributed by atoms with Crippen molar-refractivity contribution < 1.29 is 14.9 Å². The van der Waals surface area contributed by atoms with Crippen molar-refractivity contribution in [2.75, 3.05) is 7.11 Å². The number of aliphatic hydroxyl groups excluding tert-OH is 1. The van der Waals surface area contributed by atoms with E-state index in [1.165, 1.54) is 0 Å². The molecular formula is C25H21N3O3. The smallest absolute Gasteiger partial charge is 0.174 e. The molecule has 2 heterocycles. The third-order valence-electron chi connectivity index (χ3n) is 6.24. The Kier molecular flexibility index (Phi) is 5.20. The van der Waals surface area contributed by atoms with Gasteiger partial charge in [-0.2, -0.15) is 10.5 Å². The summed E-state index contributed by atoms with van der Waals surface area (Å²) in [5.74, 6) is 0.392. The number of hydrogen-bond donors (Lipinski definition) is 2. The van der Waals surface area contributed by atoms with Crippen molar-refractivity contribution in [3.05, 3.63) is 94.8 Å². The van der Waals surface area contributed by atoms with E-state index in [1.54, 1.807) is 24.4 Å². The number of nitrogens with zero attached hydrogens (tertiary/aromatic N) is 3. The predicted molar refractivity (Wildman–Crippen MR) is 113 cm³/mol. The molecule has 1 aliphatic heterocycles. The van der Waals surface area contributed by atoms with Gasteiger partial charge >= 0.3 is 0 Å². The van der Waals surface area contributed by atoms with Gasteiger partial charge in [0.2, 0.25) is 0 Å². The minimum atomic E-state index is -1.28. The molecule has 6 nitrogen and oxygen atoms in total. The number of pyridine rings is 1. The van der Waals surface area contributed by atoms with Gasteiger partial charge in [0, 0.05) is 30.9 Å². The molecule has 0 radical (unpaired) electrons. The molecule has 3 atom stereocenters. The lowest BCUT2D eigenvalue weighted by molar-refractivity contribution is -0.105. The van der Waals surface area contributed by atoms with Crippen molar-refractivity contribution in [2.45, 2.75) is 30.0 Å². The molecule has 1 saturated carbocycles. The van der Waals surface area contributed by atoms with Gasteiger partial charge in [-0.1, -0.05) is 42.5 Å². The molecular weight excluding hydrogens is 390 g/mol. The van der Waals surface area contributed by atoms with Crippen molar-refractivity contribution in [3.63, 3.8) is 0 Å². The Morgan fingerprint density at radius 3 is 2.39 bits per heavy atom. The molecule has 2 aromatic carbocycles. The number of hydrogen-bond acceptors (Lipinski definition) is 6. The molecule has 154 valence electrons. The van der Waals surface area contributed by atoms with Crippen molar-refractivity contribution >= 4 is 0 Å². The van der Waals surface area contributed by atoms with E-state index >= 15 is 0 Å². The standard InChI is InChI=1S/C24H17N3O2.CH4O/c25-13-16-6-8-18(9-7-16)24-20(17-4-2-1-3-5-17)10-11-23(24,28)21-15-27-19(14-26)12-22(21)29-24;1-2/h1-9,12,15,20,28H,10-11H2;2H,1H3. The Hall–Kier alpha value is -3.71. The van der Waals surface area contributed by atoms with Crippen LogP contribution in [0.25, 0.3) is 0 Å². The lowest BCUT2D eigenvalue weighted by atomic mass is 9.72. The molecule has 6 heteroatoms. The topological polar surface area (TPSA) is 110 Å². The molecule has 2 N–H and O–H groups in total. The maximum atomic E-state index is 12.0. The first-order valence-corrected chi connectivity index (χ1v) is 9.95. The summed E-state index contributed by atoms with van der Waals surface area (Å²) in [6, 6.07) is 23.0. The average molecular weight is 411 g/mol. The zero-order valence-corrected chi connectivity index (χ0v) is 17.0. The maximum absolute atomic E-state index is 12.0. The molecule has 1 aromatic heterocycles. The van der Waals surface area contributed by atoms with Crippen LogP contribution in [0.1, 0.15) is 46.7 Å². The van der Waals surface area contributed by atoms with Gasteiger partial charge in [0.1, 0.15) is 23.1 Å². The van der Waals surface area contributed by atoms with Crippen molar-refractivity contribution in [2.24, 2.45) is 0 Å². The summed E-state index contributed by atoms with van der Waals surface area (Å²) in [6.07, 6.45) is 2.81. The Labute approximate surface area is 180 Å². The van der Waals surface area contributed by atoms with Gasteiger partial charge in [-0.05, 0) is 36.1 Å². The molecule has 2 aliphatic rings. The Bertz CT molecular complexity index is 1180.